The predicted octanol–water partition coefficient (Wildman–Crippen LogP) is 2.74. The first kappa shape index (κ1) is 15.8. The van der Waals surface area contributed by atoms with E-state index in [0.29, 0.717) is 5.75 Å². The summed E-state index contributed by atoms with van der Waals surface area (Å²) in [5, 5.41) is 12.8. The Hall–Kier alpha value is -1.55. The third kappa shape index (κ3) is 3.76. The highest BCUT2D eigenvalue weighted by molar-refractivity contribution is 5.81. The number of nitrogens with one attached hydrogen (secondary N) is 1. The van der Waals surface area contributed by atoms with Crippen LogP contribution in [0.25, 0.3) is 0 Å². The molecule has 21 heavy (non-hydrogen) atoms. The van der Waals surface area contributed by atoms with Crippen LogP contribution in [0.3, 0.4) is 0 Å². The third-order valence-electron chi connectivity index (χ3n) is 4.19. The molecule has 0 aliphatic heterocycles. The van der Waals surface area contributed by atoms with Gasteiger partial charge >= 0.3 is 0 Å². The molecular weight excluding hydrogens is 266 g/mol. The van der Waals surface area contributed by atoms with Gasteiger partial charge in [0, 0.05) is 5.54 Å². The number of carbonyl (C=O) groups is 1. The normalized spacial score (nSPS) is 19.0. The van der Waals surface area contributed by atoms with Crippen LogP contribution in [0.1, 0.15) is 57.8 Å². The number of aryl methyl sites for hydroxylation is 1. The zero-order valence-corrected chi connectivity index (χ0v) is 13.3. The number of amides is 1. The quantitative estimate of drug-likeness (QED) is 0.877. The summed E-state index contributed by atoms with van der Waals surface area (Å²) in [6.45, 7) is 7.78. The summed E-state index contributed by atoms with van der Waals surface area (Å²) in [6.07, 6.45) is 1.58. The van der Waals surface area contributed by atoms with E-state index in [1.54, 1.807) is 6.92 Å². The van der Waals surface area contributed by atoms with Gasteiger partial charge in [0.05, 0.1) is 6.10 Å². The molecule has 0 saturated heterocycles. The van der Waals surface area contributed by atoms with Gasteiger partial charge < -0.3 is 15.2 Å². The highest BCUT2D eigenvalue weighted by atomic mass is 16.5. The van der Waals surface area contributed by atoms with Crippen molar-refractivity contribution in [2.45, 2.75) is 64.7 Å². The molecule has 1 amide bonds. The number of carbonyl (C=O) groups excluding carboxylic acids is 1. The van der Waals surface area contributed by atoms with Crippen molar-refractivity contribution in [1.82, 2.24) is 5.32 Å². The van der Waals surface area contributed by atoms with Crippen LogP contribution in [0.5, 0.6) is 5.75 Å². The average Bonchev–Trinajstić information content (AvgIpc) is 2.79. The van der Waals surface area contributed by atoms with E-state index in [9.17, 15) is 9.90 Å². The number of hydrogen-bond acceptors (Lipinski definition) is 3. The minimum atomic E-state index is -0.541. The Morgan fingerprint density at radius 3 is 2.90 bits per heavy atom. The molecule has 2 atom stereocenters. The lowest BCUT2D eigenvalue weighted by Crippen LogP contribution is -2.48. The molecule has 4 heteroatoms. The van der Waals surface area contributed by atoms with Gasteiger partial charge in [-0.3, -0.25) is 4.79 Å². The smallest absolute Gasteiger partial charge is 0.261 e. The first-order valence-corrected chi connectivity index (χ1v) is 7.62. The molecule has 2 N–H and O–H groups in total. The second-order valence-corrected chi connectivity index (χ2v) is 6.40. The second kappa shape index (κ2) is 6.06. The molecule has 0 bridgehead atoms. The first-order valence-electron chi connectivity index (χ1n) is 7.62. The zero-order chi connectivity index (χ0) is 15.6. The minimum absolute atomic E-state index is 0.109. The van der Waals surface area contributed by atoms with Gasteiger partial charge in [-0.2, -0.15) is 0 Å². The fraction of sp³-hybridized carbons (Fsp3) is 0.588. The van der Waals surface area contributed by atoms with Crippen molar-refractivity contribution in [3.05, 3.63) is 29.3 Å². The summed E-state index contributed by atoms with van der Waals surface area (Å²) in [5.74, 6) is 0.571. The molecule has 1 aliphatic rings. The third-order valence-corrected chi connectivity index (χ3v) is 4.19. The Morgan fingerprint density at radius 2 is 2.24 bits per heavy atom. The number of hydrogen-bond donors (Lipinski definition) is 2. The van der Waals surface area contributed by atoms with E-state index in [1.165, 1.54) is 0 Å². The monoisotopic (exact) mass is 291 g/mol. The molecule has 116 valence electrons. The maximum absolute atomic E-state index is 12.1. The number of benzene rings is 1. The molecule has 1 unspecified atom stereocenters. The topological polar surface area (TPSA) is 58.6 Å². The van der Waals surface area contributed by atoms with Crippen LogP contribution in [0.2, 0.25) is 0 Å². The van der Waals surface area contributed by atoms with Crippen LogP contribution in [-0.4, -0.2) is 22.7 Å². The largest absolute Gasteiger partial charge is 0.481 e. The Kier molecular flexibility index (Phi) is 4.57. The van der Waals surface area contributed by atoms with E-state index < -0.39 is 6.10 Å². The molecule has 0 fully saturated rings. The number of aliphatic hydroxyl groups is 1. The average molecular weight is 291 g/mol. The summed E-state index contributed by atoms with van der Waals surface area (Å²) >= 11 is 0. The van der Waals surface area contributed by atoms with E-state index in [4.69, 9.17) is 4.74 Å². The van der Waals surface area contributed by atoms with E-state index in [2.05, 4.69) is 5.32 Å². The lowest BCUT2D eigenvalue weighted by Gasteiger charge is -2.26. The fourth-order valence-electron chi connectivity index (χ4n) is 2.43. The van der Waals surface area contributed by atoms with E-state index in [-0.39, 0.29) is 17.6 Å². The molecule has 0 spiro atoms. The standard InChI is InChI=1S/C17H25NO3/c1-5-17(3,4)18-16(20)11(2)21-13-7-8-14-12(10-13)6-9-15(14)19/h7-8,10-11,15,19H,5-6,9H2,1-4H3,(H,18,20)/t11?,15-/m0/s1. The van der Waals surface area contributed by atoms with Gasteiger partial charge in [0.15, 0.2) is 6.10 Å². The number of fused-ring (bicyclic) bond motifs is 1. The van der Waals surface area contributed by atoms with Gasteiger partial charge in [-0.05, 0) is 63.3 Å². The van der Waals surface area contributed by atoms with Crippen molar-refractivity contribution in [2.24, 2.45) is 0 Å². The fourth-order valence-corrected chi connectivity index (χ4v) is 2.43. The molecule has 1 aromatic rings. The molecule has 2 rings (SSSR count). The molecule has 1 aromatic carbocycles. The van der Waals surface area contributed by atoms with Gasteiger partial charge in [-0.15, -0.1) is 0 Å². The summed E-state index contributed by atoms with van der Waals surface area (Å²) in [4.78, 5) is 12.1. The summed E-state index contributed by atoms with van der Waals surface area (Å²) in [6, 6.07) is 5.64. The van der Waals surface area contributed by atoms with Gasteiger partial charge in [-0.25, -0.2) is 0 Å². The number of ether oxygens (including phenoxy) is 1. The Balaban J connectivity index is 2.00. The minimum Gasteiger partial charge on any atom is -0.481 e. The van der Waals surface area contributed by atoms with Gasteiger partial charge in [0.1, 0.15) is 5.75 Å². The zero-order valence-electron chi connectivity index (χ0n) is 13.3. The van der Waals surface area contributed by atoms with Crippen LogP contribution < -0.4 is 10.1 Å². The molecule has 4 nitrogen and oxygen atoms in total. The maximum Gasteiger partial charge on any atom is 0.261 e. The van der Waals surface area contributed by atoms with Crippen molar-refractivity contribution in [1.29, 1.82) is 0 Å². The van der Waals surface area contributed by atoms with E-state index >= 15 is 0 Å². The Bertz CT molecular complexity index is 525. The number of rotatable bonds is 5. The molecule has 1 aliphatic carbocycles. The molecule has 0 saturated carbocycles. The molecule has 0 aromatic heterocycles. The maximum atomic E-state index is 12.1. The van der Waals surface area contributed by atoms with Crippen molar-refractivity contribution in [3.63, 3.8) is 0 Å². The van der Waals surface area contributed by atoms with Crippen LogP contribution in [0.15, 0.2) is 18.2 Å². The van der Waals surface area contributed by atoms with Crippen molar-refractivity contribution >= 4 is 5.91 Å². The molecule has 0 heterocycles. The van der Waals surface area contributed by atoms with Crippen LogP contribution in [-0.2, 0) is 11.2 Å². The van der Waals surface area contributed by atoms with Crippen molar-refractivity contribution in [3.8, 4) is 5.75 Å². The lowest BCUT2D eigenvalue weighted by atomic mass is 10.0. The van der Waals surface area contributed by atoms with Gasteiger partial charge in [0.25, 0.3) is 5.91 Å². The Morgan fingerprint density at radius 1 is 1.52 bits per heavy atom. The van der Waals surface area contributed by atoms with Gasteiger partial charge in [-0.1, -0.05) is 13.0 Å². The van der Waals surface area contributed by atoms with E-state index in [0.717, 1.165) is 30.4 Å². The molecular formula is C17H25NO3. The summed E-state index contributed by atoms with van der Waals surface area (Å²) in [5.41, 5.74) is 1.87. The van der Waals surface area contributed by atoms with Gasteiger partial charge in [0.2, 0.25) is 0 Å². The van der Waals surface area contributed by atoms with Crippen LogP contribution in [0.4, 0.5) is 0 Å². The summed E-state index contributed by atoms with van der Waals surface area (Å²) < 4.78 is 5.73. The Labute approximate surface area is 126 Å². The first-order chi connectivity index (χ1) is 9.82. The molecule has 0 radical (unpaired) electrons. The SMILES string of the molecule is CCC(C)(C)NC(=O)C(C)Oc1ccc2c(c1)CC[C@@H]2O. The lowest BCUT2D eigenvalue weighted by molar-refractivity contribution is -0.128. The number of aliphatic hydroxyl groups excluding tert-OH is 1. The van der Waals surface area contributed by atoms with Crippen molar-refractivity contribution in [2.75, 3.05) is 0 Å². The second-order valence-electron chi connectivity index (χ2n) is 6.40. The summed E-state index contributed by atoms with van der Waals surface area (Å²) in [7, 11) is 0. The van der Waals surface area contributed by atoms with Crippen LogP contribution >= 0.6 is 0 Å². The predicted molar refractivity (Wildman–Crippen MR) is 82.3 cm³/mol. The van der Waals surface area contributed by atoms with Crippen molar-refractivity contribution < 1.29 is 14.6 Å². The van der Waals surface area contributed by atoms with E-state index in [1.807, 2.05) is 39.0 Å². The van der Waals surface area contributed by atoms with Crippen LogP contribution in [0, 0.1) is 0 Å². The highest BCUT2D eigenvalue weighted by Gasteiger charge is 2.24. The highest BCUT2D eigenvalue weighted by Crippen LogP contribution is 2.33.